The first-order chi connectivity index (χ1) is 24.8. The molecule has 3 fully saturated rings. The Hall–Kier alpha value is -5.30. The highest BCUT2D eigenvalue weighted by molar-refractivity contribution is 5.93. The lowest BCUT2D eigenvalue weighted by Gasteiger charge is -2.42. The highest BCUT2D eigenvalue weighted by Crippen LogP contribution is 2.49. The first-order valence-electron chi connectivity index (χ1n) is 18.0. The van der Waals surface area contributed by atoms with Crippen molar-refractivity contribution in [2.24, 2.45) is 5.92 Å². The standard InChI is InChI=1S/C34H39N11O.C4H6O/c1-21-15-30-39-29(35-3)16-31(45(30)40-21)38-27-11-8-10-25-26-17-36-44(32(26)22(2)41(4)33(25)27)24-19-42(20-24)18-23-9-7-12-28(37-23)34(46)43-13-5-6-14-43;5-3-4-1-2-4/h7-12,15-17,22,24,38H,5-6,13-14,18-20H2,1-4H3,(H,35,39);3-4H,1-2H2. The molecular formula is C38H45N11O2. The van der Waals surface area contributed by atoms with Crippen LogP contribution in [0.4, 0.5) is 23.0 Å². The number of aldehydes is 1. The van der Waals surface area contributed by atoms with Crippen LogP contribution in [0.25, 0.3) is 16.8 Å². The maximum atomic E-state index is 12.9. The first-order valence-corrected chi connectivity index (χ1v) is 18.0. The van der Waals surface area contributed by atoms with Crippen LogP contribution in [0.5, 0.6) is 0 Å². The monoisotopic (exact) mass is 687 g/mol. The molecule has 9 rings (SSSR count). The van der Waals surface area contributed by atoms with Gasteiger partial charge in [-0.2, -0.15) is 14.7 Å². The summed E-state index contributed by atoms with van der Waals surface area (Å²) in [7, 11) is 4.03. The number of hydrogen-bond donors (Lipinski definition) is 2. The summed E-state index contributed by atoms with van der Waals surface area (Å²) in [5.41, 5.74) is 8.88. The quantitative estimate of drug-likeness (QED) is 0.203. The van der Waals surface area contributed by atoms with Crippen molar-refractivity contribution in [2.45, 2.75) is 58.2 Å². The number of carbonyl (C=O) groups excluding carboxylic acids is 2. The lowest BCUT2D eigenvalue weighted by molar-refractivity contribution is -0.108. The van der Waals surface area contributed by atoms with E-state index in [9.17, 15) is 9.59 Å². The Labute approximate surface area is 297 Å². The van der Waals surface area contributed by atoms with Crippen molar-refractivity contribution in [2.75, 3.05) is 55.8 Å². The molecule has 1 saturated carbocycles. The van der Waals surface area contributed by atoms with Crippen molar-refractivity contribution in [1.82, 2.24) is 39.2 Å². The molecule has 1 aromatic carbocycles. The predicted octanol–water partition coefficient (Wildman–Crippen LogP) is 5.48. The Kier molecular flexibility index (Phi) is 8.66. The molecule has 2 N–H and O–H groups in total. The van der Waals surface area contributed by atoms with Crippen LogP contribution < -0.4 is 15.5 Å². The number of fused-ring (bicyclic) bond motifs is 4. The van der Waals surface area contributed by atoms with E-state index in [0.29, 0.717) is 11.6 Å². The topological polar surface area (TPSA) is 129 Å². The zero-order valence-electron chi connectivity index (χ0n) is 29.7. The molecule has 4 aliphatic rings. The Morgan fingerprint density at radius 1 is 1.02 bits per heavy atom. The van der Waals surface area contributed by atoms with Crippen molar-refractivity contribution in [3.63, 3.8) is 0 Å². The molecule has 13 nitrogen and oxygen atoms in total. The number of likely N-dealkylation sites (tertiary alicyclic amines) is 2. The third kappa shape index (κ3) is 6.30. The number of amides is 1. The summed E-state index contributed by atoms with van der Waals surface area (Å²) in [6.07, 6.45) is 7.49. The van der Waals surface area contributed by atoms with Crippen LogP contribution in [-0.2, 0) is 11.3 Å². The van der Waals surface area contributed by atoms with Crippen molar-refractivity contribution in [3.05, 3.63) is 77.5 Å². The zero-order valence-corrected chi connectivity index (χ0v) is 29.7. The number of aryl methyl sites for hydroxylation is 1. The third-order valence-electron chi connectivity index (χ3n) is 10.5. The minimum absolute atomic E-state index is 0.0500. The van der Waals surface area contributed by atoms with Gasteiger partial charge in [0.2, 0.25) is 0 Å². The number of rotatable bonds is 8. The van der Waals surface area contributed by atoms with Gasteiger partial charge in [-0.1, -0.05) is 18.2 Å². The minimum Gasteiger partial charge on any atom is -0.373 e. The van der Waals surface area contributed by atoms with Crippen molar-refractivity contribution < 1.29 is 9.59 Å². The highest BCUT2D eigenvalue weighted by Gasteiger charge is 2.37. The smallest absolute Gasteiger partial charge is 0.272 e. The second-order valence-corrected chi connectivity index (χ2v) is 14.2. The number of hydrogen-bond acceptors (Lipinski definition) is 10. The Morgan fingerprint density at radius 3 is 2.53 bits per heavy atom. The second kappa shape index (κ2) is 13.4. The summed E-state index contributed by atoms with van der Waals surface area (Å²) in [5, 5.41) is 16.5. The summed E-state index contributed by atoms with van der Waals surface area (Å²) < 4.78 is 4.08. The van der Waals surface area contributed by atoms with E-state index in [2.05, 4.69) is 67.4 Å². The molecule has 7 heterocycles. The van der Waals surface area contributed by atoms with E-state index in [1.165, 1.54) is 11.3 Å². The van der Waals surface area contributed by atoms with Crippen LogP contribution in [0, 0.1) is 12.8 Å². The molecule has 0 spiro atoms. The van der Waals surface area contributed by atoms with Crippen LogP contribution in [0.15, 0.2) is 54.7 Å². The molecule has 2 saturated heterocycles. The number of aromatic nitrogens is 6. The van der Waals surface area contributed by atoms with E-state index in [0.717, 1.165) is 110 Å². The summed E-state index contributed by atoms with van der Waals surface area (Å²) in [5.74, 6) is 2.12. The van der Waals surface area contributed by atoms with Gasteiger partial charge in [0.05, 0.1) is 46.7 Å². The third-order valence-corrected chi connectivity index (χ3v) is 10.5. The fraction of sp³-hybridized carbons (Fsp3) is 0.421. The van der Waals surface area contributed by atoms with E-state index < -0.39 is 0 Å². The molecule has 264 valence electrons. The molecule has 1 aliphatic carbocycles. The first kappa shape index (κ1) is 32.9. The molecule has 13 heteroatoms. The van der Waals surface area contributed by atoms with E-state index in [1.54, 1.807) is 0 Å². The largest absolute Gasteiger partial charge is 0.373 e. The average Bonchev–Trinajstić information content (AvgIpc) is 3.44. The summed E-state index contributed by atoms with van der Waals surface area (Å²) in [4.78, 5) is 38.5. The number of nitrogens with one attached hydrogen (secondary N) is 2. The zero-order chi connectivity index (χ0) is 35.2. The van der Waals surface area contributed by atoms with E-state index >= 15 is 0 Å². The molecular weight excluding hydrogens is 642 g/mol. The van der Waals surface area contributed by atoms with Gasteiger partial charge >= 0.3 is 0 Å². The number of anilines is 4. The molecule has 1 amide bonds. The van der Waals surface area contributed by atoms with E-state index in [4.69, 9.17) is 10.1 Å². The average molecular weight is 688 g/mol. The predicted molar refractivity (Wildman–Crippen MR) is 198 cm³/mol. The van der Waals surface area contributed by atoms with Gasteiger partial charge in [0.1, 0.15) is 23.6 Å². The Balaban J connectivity index is 0.000000690. The molecule has 51 heavy (non-hydrogen) atoms. The van der Waals surface area contributed by atoms with Crippen molar-refractivity contribution in [1.29, 1.82) is 0 Å². The Morgan fingerprint density at radius 2 is 1.80 bits per heavy atom. The molecule has 5 aromatic rings. The summed E-state index contributed by atoms with van der Waals surface area (Å²) in [6.45, 7) is 8.39. The lowest BCUT2D eigenvalue weighted by Crippen LogP contribution is -2.48. The van der Waals surface area contributed by atoms with E-state index in [-0.39, 0.29) is 18.0 Å². The maximum absolute atomic E-state index is 12.9. The Bertz CT molecular complexity index is 2090. The van der Waals surface area contributed by atoms with Gasteiger partial charge < -0.3 is 25.2 Å². The fourth-order valence-electron chi connectivity index (χ4n) is 7.41. The number of nitrogens with zero attached hydrogens (tertiary/aromatic N) is 9. The molecule has 0 bridgehead atoms. The van der Waals surface area contributed by atoms with Crippen LogP contribution in [0.3, 0.4) is 0 Å². The van der Waals surface area contributed by atoms with Gasteiger partial charge in [-0.3, -0.25) is 14.4 Å². The highest BCUT2D eigenvalue weighted by atomic mass is 16.2. The fourth-order valence-corrected chi connectivity index (χ4v) is 7.41. The number of para-hydroxylation sites is 1. The van der Waals surface area contributed by atoms with Crippen molar-refractivity contribution >= 4 is 40.9 Å². The van der Waals surface area contributed by atoms with Crippen LogP contribution in [0.2, 0.25) is 0 Å². The van der Waals surface area contributed by atoms with Gasteiger partial charge in [-0.05, 0) is 57.7 Å². The SMILES string of the molecule is CNc1cc(Nc2cccc3c2N(C)C(C)c2c-3cnn2C2CN(Cc3cccc(C(=O)N4CCCC4)n3)C2)n2nc(C)cc2n1.O=CC1CC1. The summed E-state index contributed by atoms with van der Waals surface area (Å²) >= 11 is 0. The van der Waals surface area contributed by atoms with Gasteiger partial charge in [0.15, 0.2) is 5.65 Å². The molecule has 3 aliphatic heterocycles. The molecule has 1 atom stereocenters. The van der Waals surface area contributed by atoms with Crippen molar-refractivity contribution in [3.8, 4) is 11.1 Å². The van der Waals surface area contributed by atoms with Gasteiger partial charge in [-0.25, -0.2) is 9.97 Å². The maximum Gasteiger partial charge on any atom is 0.272 e. The minimum atomic E-state index is 0.0500. The molecule has 4 aromatic heterocycles. The normalized spacial score (nSPS) is 18.5. The van der Waals surface area contributed by atoms with Crippen LogP contribution in [0.1, 0.15) is 72.3 Å². The van der Waals surface area contributed by atoms with Gasteiger partial charge in [0, 0.05) is 76.0 Å². The van der Waals surface area contributed by atoms with Gasteiger partial charge in [0.25, 0.3) is 5.91 Å². The number of pyridine rings is 1. The summed E-state index contributed by atoms with van der Waals surface area (Å²) in [6, 6.07) is 16.6. The van der Waals surface area contributed by atoms with Crippen LogP contribution >= 0.6 is 0 Å². The molecule has 1 unspecified atom stereocenters. The van der Waals surface area contributed by atoms with Gasteiger partial charge in [-0.15, -0.1) is 0 Å². The molecule has 0 radical (unpaired) electrons. The number of benzene rings is 1. The second-order valence-electron chi connectivity index (χ2n) is 14.2. The van der Waals surface area contributed by atoms with E-state index in [1.807, 2.05) is 59.9 Å². The van der Waals surface area contributed by atoms with Crippen LogP contribution in [-0.4, -0.2) is 91.6 Å². The lowest BCUT2D eigenvalue weighted by atomic mass is 9.93. The number of carbonyl (C=O) groups is 2.